The average molecular weight is 192 g/mol. The Morgan fingerprint density at radius 1 is 2.00 bits per heavy atom. The Kier molecular flexibility index (Phi) is 0.899. The van der Waals surface area contributed by atoms with Crippen molar-refractivity contribution in [2.45, 2.75) is 6.85 Å². The lowest BCUT2D eigenvalue weighted by molar-refractivity contribution is 1.01. The van der Waals surface area contributed by atoms with E-state index in [4.69, 9.17) is 4.11 Å². The van der Waals surface area contributed by atoms with Crippen LogP contribution in [0.5, 0.6) is 0 Å². The molecule has 1 N–H and O–H groups in total. The molecular weight excluding hydrogens is 184 g/mol. The molecule has 0 atom stereocenters. The Hall–Kier alpha value is -0.640. The van der Waals surface area contributed by atoms with Gasteiger partial charge in [-0.05, 0) is 22.8 Å². The fraction of sp³-hybridized carbons (Fsp3) is 0.200. The molecule has 3 nitrogen and oxygen atoms in total. The molecule has 1 rings (SSSR count). The fourth-order valence-electron chi connectivity index (χ4n) is 0.379. The van der Waals surface area contributed by atoms with E-state index in [0.717, 1.165) is 0 Å². The van der Waals surface area contributed by atoms with Crippen LogP contribution in [0.4, 0.5) is 0 Å². The van der Waals surface area contributed by atoms with Gasteiger partial charge in [0.15, 0.2) is 0 Å². The number of hydrogen-bond acceptors (Lipinski definition) is 2. The third kappa shape index (κ3) is 1.38. The van der Waals surface area contributed by atoms with E-state index in [1.165, 1.54) is 6.20 Å². The van der Waals surface area contributed by atoms with Gasteiger partial charge in [-0.1, -0.05) is 0 Å². The van der Waals surface area contributed by atoms with Gasteiger partial charge < -0.3 is 4.98 Å². The van der Waals surface area contributed by atoms with E-state index in [1.807, 2.05) is 0 Å². The van der Waals surface area contributed by atoms with Crippen LogP contribution in [-0.2, 0) is 0 Å². The topological polar surface area (TPSA) is 45.8 Å². The van der Waals surface area contributed by atoms with E-state index in [-0.39, 0.29) is 10.2 Å². The molecule has 0 bridgehead atoms. The maximum Gasteiger partial charge on any atom is 0.345 e. The number of aromatic nitrogens is 2. The summed E-state index contributed by atoms with van der Waals surface area (Å²) in [6, 6.07) is 0. The Morgan fingerprint density at radius 2 is 2.78 bits per heavy atom. The Morgan fingerprint density at radius 3 is 3.33 bits per heavy atom. The maximum absolute atomic E-state index is 10.7. The second-order valence-electron chi connectivity index (χ2n) is 1.41. The van der Waals surface area contributed by atoms with Gasteiger partial charge in [-0.15, -0.1) is 0 Å². The SMILES string of the molecule is [2H]C([2H])([2H])c1[nH]c(=O)ncc1Br. The highest BCUT2D eigenvalue weighted by molar-refractivity contribution is 9.10. The molecule has 0 aliphatic rings. The first kappa shape index (κ1) is 3.51. The van der Waals surface area contributed by atoms with Crippen LogP contribution in [0.15, 0.2) is 15.5 Å². The third-order valence-corrected chi connectivity index (χ3v) is 1.37. The van der Waals surface area contributed by atoms with Gasteiger partial charge in [-0.25, -0.2) is 9.78 Å². The number of rotatable bonds is 0. The Labute approximate surface area is 64.5 Å². The molecule has 9 heavy (non-hydrogen) atoms. The molecule has 1 heterocycles. The Bertz CT molecular complexity index is 345. The molecular formula is C5H5BrN2O. The van der Waals surface area contributed by atoms with Crippen LogP contribution < -0.4 is 5.69 Å². The number of nitrogens with zero attached hydrogens (tertiary/aromatic N) is 1. The lowest BCUT2D eigenvalue weighted by Gasteiger charge is -1.91. The van der Waals surface area contributed by atoms with E-state index >= 15 is 0 Å². The monoisotopic (exact) mass is 191 g/mol. The molecule has 1 aromatic rings. The zero-order valence-electron chi connectivity index (χ0n) is 7.31. The van der Waals surface area contributed by atoms with Crippen molar-refractivity contribution in [3.63, 3.8) is 0 Å². The smallest absolute Gasteiger partial charge is 0.309 e. The number of halogens is 1. The molecule has 0 amide bonds. The second-order valence-corrected chi connectivity index (χ2v) is 2.27. The minimum atomic E-state index is -2.32. The van der Waals surface area contributed by atoms with Crippen molar-refractivity contribution in [1.29, 1.82) is 0 Å². The highest BCUT2D eigenvalue weighted by Gasteiger charge is 1.91. The van der Waals surface area contributed by atoms with Gasteiger partial charge >= 0.3 is 5.69 Å². The minimum Gasteiger partial charge on any atom is -0.309 e. The van der Waals surface area contributed by atoms with Gasteiger partial charge in [0.05, 0.1) is 4.47 Å². The highest BCUT2D eigenvalue weighted by atomic mass is 79.9. The van der Waals surface area contributed by atoms with Crippen LogP contribution >= 0.6 is 15.9 Å². The molecule has 0 saturated carbocycles. The average Bonchev–Trinajstić information content (AvgIpc) is 1.92. The van der Waals surface area contributed by atoms with Crippen molar-refractivity contribution in [2.75, 3.05) is 0 Å². The molecule has 48 valence electrons. The van der Waals surface area contributed by atoms with Crippen LogP contribution in [0.2, 0.25) is 0 Å². The lowest BCUT2D eigenvalue weighted by atomic mass is 10.5. The summed E-state index contributed by atoms with van der Waals surface area (Å²) in [4.78, 5) is 16.1. The molecule has 0 saturated heterocycles. The summed E-state index contributed by atoms with van der Waals surface area (Å²) in [5.74, 6) is 0. The molecule has 0 spiro atoms. The van der Waals surface area contributed by atoms with Crippen molar-refractivity contribution in [3.8, 4) is 0 Å². The van der Waals surface area contributed by atoms with Crippen LogP contribution in [0.3, 0.4) is 0 Å². The summed E-state index contributed by atoms with van der Waals surface area (Å²) in [7, 11) is 0. The normalized spacial score (nSPS) is 15.9. The number of H-pyrrole nitrogens is 1. The summed E-state index contributed by atoms with van der Waals surface area (Å²) in [6.45, 7) is -2.32. The zero-order valence-corrected chi connectivity index (χ0v) is 5.90. The van der Waals surface area contributed by atoms with Crippen LogP contribution in [0.25, 0.3) is 0 Å². The molecule has 0 aliphatic carbocycles. The van der Waals surface area contributed by atoms with Gasteiger partial charge in [0.1, 0.15) is 0 Å². The second kappa shape index (κ2) is 2.31. The van der Waals surface area contributed by atoms with Crippen LogP contribution in [0, 0.1) is 6.85 Å². The van der Waals surface area contributed by atoms with Crippen molar-refractivity contribution < 1.29 is 4.11 Å². The summed E-state index contributed by atoms with van der Waals surface area (Å²) >= 11 is 2.97. The van der Waals surface area contributed by atoms with Crippen LogP contribution in [-0.4, -0.2) is 9.97 Å². The summed E-state index contributed by atoms with van der Waals surface area (Å²) in [5, 5.41) is 0. The first-order valence-electron chi connectivity index (χ1n) is 3.66. The molecule has 1 aromatic heterocycles. The van der Waals surface area contributed by atoms with E-state index in [2.05, 4.69) is 25.9 Å². The van der Waals surface area contributed by atoms with Crippen LogP contribution in [0.1, 0.15) is 9.81 Å². The van der Waals surface area contributed by atoms with Gasteiger partial charge in [0.25, 0.3) is 0 Å². The van der Waals surface area contributed by atoms with Gasteiger partial charge in [0, 0.05) is 16.0 Å². The number of aromatic amines is 1. The predicted molar refractivity (Wildman–Crippen MR) is 37.3 cm³/mol. The molecule has 4 heteroatoms. The number of nitrogens with one attached hydrogen (secondary N) is 1. The van der Waals surface area contributed by atoms with E-state index in [0.29, 0.717) is 0 Å². The maximum atomic E-state index is 10.7. The summed E-state index contributed by atoms with van der Waals surface area (Å²) in [5.41, 5.74) is -0.785. The minimum absolute atomic E-state index is 0.123. The first-order chi connectivity index (χ1) is 5.41. The van der Waals surface area contributed by atoms with Gasteiger partial charge in [0.2, 0.25) is 0 Å². The fourth-order valence-corrected chi connectivity index (χ4v) is 0.580. The van der Waals surface area contributed by atoms with E-state index in [9.17, 15) is 4.79 Å². The van der Waals surface area contributed by atoms with E-state index in [1.54, 1.807) is 0 Å². The zero-order chi connectivity index (χ0) is 9.35. The summed E-state index contributed by atoms with van der Waals surface area (Å²) < 4.78 is 21.3. The van der Waals surface area contributed by atoms with Crippen molar-refractivity contribution >= 4 is 15.9 Å². The lowest BCUT2D eigenvalue weighted by Crippen LogP contribution is -2.10. The quantitative estimate of drug-likeness (QED) is 0.661. The molecule has 0 fully saturated rings. The van der Waals surface area contributed by atoms with Gasteiger partial charge in [-0.3, -0.25) is 0 Å². The molecule has 0 aliphatic heterocycles. The van der Waals surface area contributed by atoms with Gasteiger partial charge in [-0.2, -0.15) is 0 Å². The largest absolute Gasteiger partial charge is 0.345 e. The highest BCUT2D eigenvalue weighted by Crippen LogP contribution is 2.07. The predicted octanol–water partition coefficient (Wildman–Crippen LogP) is 0.841. The number of aryl methyl sites for hydroxylation is 1. The molecule has 0 unspecified atom stereocenters. The van der Waals surface area contributed by atoms with Crippen molar-refractivity contribution in [3.05, 3.63) is 26.8 Å². The van der Waals surface area contributed by atoms with E-state index < -0.39 is 12.5 Å². The first-order valence-corrected chi connectivity index (χ1v) is 2.96. The molecule has 0 aromatic carbocycles. The Balaban J connectivity index is 3.33. The number of hydrogen-bond donors (Lipinski definition) is 1. The third-order valence-electron chi connectivity index (χ3n) is 0.766. The standard InChI is InChI=1S/C5H5BrN2O/c1-3-4(6)2-7-5(9)8-3/h2H,1H3,(H,7,8,9)/i1D3. The van der Waals surface area contributed by atoms with Crippen molar-refractivity contribution in [1.82, 2.24) is 9.97 Å². The van der Waals surface area contributed by atoms with Crippen molar-refractivity contribution in [2.24, 2.45) is 0 Å². The molecule has 0 radical (unpaired) electrons. The summed E-state index contributed by atoms with van der Waals surface area (Å²) in [6.07, 6.45) is 1.17.